The molecule has 0 aromatic heterocycles. The molecule has 76 valence electrons. The average Bonchev–Trinajstić information content (AvgIpc) is 2.82. The van der Waals surface area contributed by atoms with Crippen LogP contribution in [-0.2, 0) is 0 Å². The Labute approximate surface area is 84.5 Å². The molecule has 2 unspecified atom stereocenters. The second-order valence-corrected chi connectivity index (χ2v) is 4.02. The Morgan fingerprint density at radius 3 is 2.93 bits per heavy atom. The molecule has 0 radical (unpaired) electrons. The SMILES string of the molecule is Cc1cccc(OCCC2CC2O)c1. The molecular formula is C12H16O2. The lowest BCUT2D eigenvalue weighted by Gasteiger charge is -2.05. The van der Waals surface area contributed by atoms with Gasteiger partial charge in [0.25, 0.3) is 0 Å². The predicted octanol–water partition coefficient (Wildman–Crippen LogP) is 2.14. The van der Waals surface area contributed by atoms with E-state index >= 15 is 0 Å². The zero-order valence-corrected chi connectivity index (χ0v) is 8.44. The van der Waals surface area contributed by atoms with Crippen LogP contribution in [0.1, 0.15) is 18.4 Å². The molecule has 14 heavy (non-hydrogen) atoms. The van der Waals surface area contributed by atoms with E-state index in [0.29, 0.717) is 12.5 Å². The van der Waals surface area contributed by atoms with E-state index in [1.54, 1.807) is 0 Å². The lowest BCUT2D eigenvalue weighted by Crippen LogP contribution is -2.00. The van der Waals surface area contributed by atoms with Crippen molar-refractivity contribution in [2.75, 3.05) is 6.61 Å². The van der Waals surface area contributed by atoms with Gasteiger partial charge in [-0.1, -0.05) is 12.1 Å². The highest BCUT2D eigenvalue weighted by molar-refractivity contribution is 5.27. The number of rotatable bonds is 4. The predicted molar refractivity (Wildman–Crippen MR) is 55.4 cm³/mol. The van der Waals surface area contributed by atoms with Gasteiger partial charge >= 0.3 is 0 Å². The van der Waals surface area contributed by atoms with Crippen LogP contribution < -0.4 is 4.74 Å². The zero-order chi connectivity index (χ0) is 9.97. The molecule has 0 bridgehead atoms. The first kappa shape index (κ1) is 9.53. The molecule has 0 heterocycles. The van der Waals surface area contributed by atoms with Gasteiger partial charge in [0.2, 0.25) is 0 Å². The smallest absolute Gasteiger partial charge is 0.119 e. The molecule has 1 aromatic rings. The molecule has 0 aliphatic heterocycles. The number of hydrogen-bond donors (Lipinski definition) is 1. The first-order valence-electron chi connectivity index (χ1n) is 5.13. The van der Waals surface area contributed by atoms with Gasteiger partial charge in [0.15, 0.2) is 0 Å². The number of ether oxygens (including phenoxy) is 1. The molecule has 1 aromatic carbocycles. The monoisotopic (exact) mass is 192 g/mol. The molecule has 0 amide bonds. The molecule has 0 spiro atoms. The van der Waals surface area contributed by atoms with E-state index in [4.69, 9.17) is 9.84 Å². The highest BCUT2D eigenvalue weighted by atomic mass is 16.5. The summed E-state index contributed by atoms with van der Waals surface area (Å²) in [7, 11) is 0. The first-order valence-corrected chi connectivity index (χ1v) is 5.13. The number of aliphatic hydroxyl groups is 1. The Morgan fingerprint density at radius 2 is 2.29 bits per heavy atom. The number of hydrogen-bond acceptors (Lipinski definition) is 2. The van der Waals surface area contributed by atoms with E-state index in [2.05, 4.69) is 13.0 Å². The third-order valence-electron chi connectivity index (χ3n) is 2.63. The minimum absolute atomic E-state index is 0.0592. The molecule has 1 saturated carbocycles. The van der Waals surface area contributed by atoms with E-state index in [-0.39, 0.29) is 6.10 Å². The molecule has 1 aliphatic carbocycles. The lowest BCUT2D eigenvalue weighted by atomic mass is 10.2. The summed E-state index contributed by atoms with van der Waals surface area (Å²) in [4.78, 5) is 0. The van der Waals surface area contributed by atoms with Crippen LogP contribution in [0.2, 0.25) is 0 Å². The minimum atomic E-state index is -0.0592. The molecule has 0 saturated heterocycles. The van der Waals surface area contributed by atoms with Gasteiger partial charge in [-0.2, -0.15) is 0 Å². The second kappa shape index (κ2) is 4.01. The van der Waals surface area contributed by atoms with Crippen molar-refractivity contribution in [1.29, 1.82) is 0 Å². The van der Waals surface area contributed by atoms with Gasteiger partial charge in [-0.15, -0.1) is 0 Å². The van der Waals surface area contributed by atoms with Crippen molar-refractivity contribution in [3.63, 3.8) is 0 Å². The molecule has 2 heteroatoms. The Balaban J connectivity index is 1.74. The first-order chi connectivity index (χ1) is 6.75. The maximum Gasteiger partial charge on any atom is 0.119 e. The summed E-state index contributed by atoms with van der Waals surface area (Å²) in [5.74, 6) is 1.42. The van der Waals surface area contributed by atoms with Crippen LogP contribution >= 0.6 is 0 Å². The fraction of sp³-hybridized carbons (Fsp3) is 0.500. The van der Waals surface area contributed by atoms with Crippen LogP contribution in [0.25, 0.3) is 0 Å². The van der Waals surface area contributed by atoms with Crippen molar-refractivity contribution < 1.29 is 9.84 Å². The van der Waals surface area contributed by atoms with Gasteiger partial charge in [0, 0.05) is 0 Å². The summed E-state index contributed by atoms with van der Waals surface area (Å²) < 4.78 is 5.57. The van der Waals surface area contributed by atoms with E-state index in [1.807, 2.05) is 18.2 Å². The van der Waals surface area contributed by atoms with Gasteiger partial charge in [-0.25, -0.2) is 0 Å². The van der Waals surface area contributed by atoms with Gasteiger partial charge in [-0.05, 0) is 43.4 Å². The van der Waals surface area contributed by atoms with Crippen molar-refractivity contribution in [1.82, 2.24) is 0 Å². The number of benzene rings is 1. The minimum Gasteiger partial charge on any atom is -0.494 e. The average molecular weight is 192 g/mol. The van der Waals surface area contributed by atoms with Crippen molar-refractivity contribution in [2.45, 2.75) is 25.9 Å². The third-order valence-corrected chi connectivity index (χ3v) is 2.63. The molecule has 1 aliphatic rings. The van der Waals surface area contributed by atoms with Crippen LogP contribution in [0, 0.1) is 12.8 Å². The standard InChI is InChI=1S/C12H16O2/c1-9-3-2-4-11(7-9)14-6-5-10-8-12(10)13/h2-4,7,10,12-13H,5-6,8H2,1H3. The van der Waals surface area contributed by atoms with Gasteiger partial charge in [0.1, 0.15) is 5.75 Å². The summed E-state index contributed by atoms with van der Waals surface area (Å²) in [6.45, 7) is 2.77. The summed E-state index contributed by atoms with van der Waals surface area (Å²) in [5.41, 5.74) is 1.22. The third kappa shape index (κ3) is 2.48. The van der Waals surface area contributed by atoms with Gasteiger partial charge < -0.3 is 9.84 Å². The Kier molecular flexibility index (Phi) is 2.73. The zero-order valence-electron chi connectivity index (χ0n) is 8.44. The summed E-state index contributed by atoms with van der Waals surface area (Å²) in [6.07, 6.45) is 1.86. The Hall–Kier alpha value is -1.02. The quantitative estimate of drug-likeness (QED) is 0.792. The van der Waals surface area contributed by atoms with Crippen LogP contribution in [0.5, 0.6) is 5.75 Å². The molecule has 2 rings (SSSR count). The summed E-state index contributed by atoms with van der Waals surface area (Å²) in [6, 6.07) is 8.05. The topological polar surface area (TPSA) is 29.5 Å². The van der Waals surface area contributed by atoms with Crippen LogP contribution in [0.15, 0.2) is 24.3 Å². The van der Waals surface area contributed by atoms with Gasteiger partial charge in [0.05, 0.1) is 12.7 Å². The Bertz CT molecular complexity index is 309. The molecule has 1 fully saturated rings. The highest BCUT2D eigenvalue weighted by Gasteiger charge is 2.34. The fourth-order valence-corrected chi connectivity index (χ4v) is 1.58. The number of aryl methyl sites for hydroxylation is 1. The lowest BCUT2D eigenvalue weighted by molar-refractivity contribution is 0.238. The summed E-state index contributed by atoms with van der Waals surface area (Å²) >= 11 is 0. The Morgan fingerprint density at radius 1 is 1.50 bits per heavy atom. The summed E-state index contributed by atoms with van der Waals surface area (Å²) in [5, 5.41) is 9.11. The van der Waals surface area contributed by atoms with E-state index < -0.39 is 0 Å². The fourth-order valence-electron chi connectivity index (χ4n) is 1.58. The van der Waals surface area contributed by atoms with Crippen molar-refractivity contribution in [3.8, 4) is 5.75 Å². The largest absolute Gasteiger partial charge is 0.494 e. The second-order valence-electron chi connectivity index (χ2n) is 4.02. The van der Waals surface area contributed by atoms with Crippen molar-refractivity contribution in [3.05, 3.63) is 29.8 Å². The molecular weight excluding hydrogens is 176 g/mol. The van der Waals surface area contributed by atoms with Crippen molar-refractivity contribution >= 4 is 0 Å². The molecule has 2 nitrogen and oxygen atoms in total. The molecule has 1 N–H and O–H groups in total. The van der Waals surface area contributed by atoms with Crippen molar-refractivity contribution in [2.24, 2.45) is 5.92 Å². The maximum atomic E-state index is 9.11. The van der Waals surface area contributed by atoms with E-state index in [1.165, 1.54) is 5.56 Å². The van der Waals surface area contributed by atoms with Crippen LogP contribution in [0.3, 0.4) is 0 Å². The van der Waals surface area contributed by atoms with Crippen LogP contribution in [0.4, 0.5) is 0 Å². The maximum absolute atomic E-state index is 9.11. The van der Waals surface area contributed by atoms with Crippen LogP contribution in [-0.4, -0.2) is 17.8 Å². The van der Waals surface area contributed by atoms with Gasteiger partial charge in [-0.3, -0.25) is 0 Å². The van der Waals surface area contributed by atoms with E-state index in [9.17, 15) is 0 Å². The molecule has 2 atom stereocenters. The number of aliphatic hydroxyl groups excluding tert-OH is 1. The van der Waals surface area contributed by atoms with E-state index in [0.717, 1.165) is 18.6 Å². The normalized spacial score (nSPS) is 24.7. The highest BCUT2D eigenvalue weighted by Crippen LogP contribution is 2.33.